The lowest BCUT2D eigenvalue weighted by atomic mass is 9.83. The van der Waals surface area contributed by atoms with Crippen LogP contribution in [-0.4, -0.2) is 89.4 Å². The van der Waals surface area contributed by atoms with Crippen molar-refractivity contribution in [1.29, 1.82) is 0 Å². The van der Waals surface area contributed by atoms with Crippen molar-refractivity contribution in [3.63, 3.8) is 0 Å². The lowest BCUT2D eigenvalue weighted by Crippen LogP contribution is -2.48. The standard InChI is InChI=1S/C36H62N6O8.2CH4.H3N/c1-6-27(38)32(46)20-26(23(4)5)30(44)13-12-25(43)19-24(18-22(2)3)36(50)42-17-9-11-29(42)31(45)14-15-33(47)40-21-34(48)41-28(35(39)49)10-7-8-16-37;;;/h22-24,26-29H,6-21,37-38H2,1-5H3,(H2,39,49)(H,40,47)(H,41,48);2*1H4;1H3. The van der Waals surface area contributed by atoms with Crippen molar-refractivity contribution in [3.05, 3.63) is 0 Å². The van der Waals surface area contributed by atoms with E-state index >= 15 is 0 Å². The number of hydrogen-bond acceptors (Lipinski definition) is 11. The molecule has 0 aromatic heterocycles. The van der Waals surface area contributed by atoms with Gasteiger partial charge in [-0.25, -0.2) is 0 Å². The number of unbranched alkanes of at least 4 members (excludes halogenated alkanes) is 1. The second-order valence-electron chi connectivity index (χ2n) is 14.3. The maximum atomic E-state index is 13.8. The van der Waals surface area contributed by atoms with Gasteiger partial charge in [0.05, 0.1) is 18.6 Å². The number of nitrogens with one attached hydrogen (secondary N) is 2. The maximum absolute atomic E-state index is 13.8. The largest absolute Gasteiger partial charge is 0.368 e. The Labute approximate surface area is 318 Å². The number of nitrogens with two attached hydrogens (primary N) is 3. The number of amides is 4. The molecule has 4 amide bonds. The van der Waals surface area contributed by atoms with E-state index < -0.39 is 47.7 Å². The molecule has 11 N–H and O–H groups in total. The number of ketones is 4. The third-order valence-electron chi connectivity index (χ3n) is 9.30. The summed E-state index contributed by atoms with van der Waals surface area (Å²) in [7, 11) is 0. The van der Waals surface area contributed by atoms with Crippen LogP contribution in [-0.2, 0) is 38.4 Å². The van der Waals surface area contributed by atoms with E-state index in [4.69, 9.17) is 17.2 Å². The highest BCUT2D eigenvalue weighted by atomic mass is 16.2. The summed E-state index contributed by atoms with van der Waals surface area (Å²) in [4.78, 5) is 103. The first kappa shape index (κ1) is 53.8. The first-order valence-electron chi connectivity index (χ1n) is 18.2. The summed E-state index contributed by atoms with van der Waals surface area (Å²) in [5.74, 6) is -4.10. The van der Waals surface area contributed by atoms with Crippen LogP contribution in [0.25, 0.3) is 0 Å². The summed E-state index contributed by atoms with van der Waals surface area (Å²) in [6, 6.07) is -2.21. The Morgan fingerprint density at radius 1 is 0.849 bits per heavy atom. The molecule has 5 atom stereocenters. The molecule has 5 unspecified atom stereocenters. The zero-order chi connectivity index (χ0) is 38.0. The summed E-state index contributed by atoms with van der Waals surface area (Å²) >= 11 is 0. The molecule has 1 rings (SSSR count). The Hall–Kier alpha value is -3.56. The molecule has 1 saturated heterocycles. The third-order valence-corrected chi connectivity index (χ3v) is 9.30. The van der Waals surface area contributed by atoms with Gasteiger partial charge < -0.3 is 38.9 Å². The summed E-state index contributed by atoms with van der Waals surface area (Å²) in [5, 5.41) is 4.94. The number of carbonyl (C=O) groups is 8. The van der Waals surface area contributed by atoms with Crippen molar-refractivity contribution < 1.29 is 38.4 Å². The Balaban J connectivity index is -0.00000833. The summed E-state index contributed by atoms with van der Waals surface area (Å²) < 4.78 is 0. The molecular formula is C38H73N7O8. The molecule has 15 heteroatoms. The van der Waals surface area contributed by atoms with Gasteiger partial charge in [0.25, 0.3) is 0 Å². The fourth-order valence-corrected chi connectivity index (χ4v) is 6.28. The summed E-state index contributed by atoms with van der Waals surface area (Å²) in [5.41, 5.74) is 16.7. The van der Waals surface area contributed by atoms with E-state index in [1.165, 1.54) is 4.90 Å². The highest BCUT2D eigenvalue weighted by Gasteiger charge is 2.38. The monoisotopic (exact) mass is 756 g/mol. The van der Waals surface area contributed by atoms with Crippen molar-refractivity contribution in [2.24, 2.45) is 40.9 Å². The normalized spacial score (nSPS) is 15.9. The Kier molecular flexibility index (Phi) is 28.4. The van der Waals surface area contributed by atoms with Crippen molar-refractivity contribution in [2.45, 2.75) is 151 Å². The second kappa shape index (κ2) is 28.0. The number of carbonyl (C=O) groups excluding carboxylic acids is 8. The molecule has 308 valence electrons. The van der Waals surface area contributed by atoms with Crippen LogP contribution in [0, 0.1) is 23.7 Å². The smallest absolute Gasteiger partial charge is 0.240 e. The van der Waals surface area contributed by atoms with Crippen LogP contribution in [0.2, 0.25) is 0 Å². The van der Waals surface area contributed by atoms with Gasteiger partial charge >= 0.3 is 0 Å². The van der Waals surface area contributed by atoms with Gasteiger partial charge in [0, 0.05) is 56.9 Å². The average molecular weight is 756 g/mol. The second-order valence-corrected chi connectivity index (χ2v) is 14.3. The predicted molar refractivity (Wildman–Crippen MR) is 208 cm³/mol. The molecule has 0 radical (unpaired) electrons. The highest BCUT2D eigenvalue weighted by molar-refractivity contribution is 5.96. The van der Waals surface area contributed by atoms with Crippen LogP contribution >= 0.6 is 0 Å². The minimum Gasteiger partial charge on any atom is -0.368 e. The topological polar surface area (TPSA) is 277 Å². The molecule has 0 bridgehead atoms. The minimum atomic E-state index is -0.875. The van der Waals surface area contributed by atoms with Gasteiger partial charge in [-0.1, -0.05) is 49.5 Å². The first-order chi connectivity index (χ1) is 23.5. The van der Waals surface area contributed by atoms with Crippen LogP contribution < -0.4 is 34.0 Å². The van der Waals surface area contributed by atoms with E-state index in [-0.39, 0.29) is 107 Å². The van der Waals surface area contributed by atoms with Gasteiger partial charge in [0.1, 0.15) is 23.4 Å². The Bertz CT molecular complexity index is 1190. The number of rotatable bonds is 26. The molecule has 0 spiro atoms. The number of hydrogen-bond donors (Lipinski definition) is 6. The first-order valence-corrected chi connectivity index (χ1v) is 18.2. The molecule has 0 saturated carbocycles. The Morgan fingerprint density at radius 2 is 1.49 bits per heavy atom. The number of primary amides is 1. The molecule has 53 heavy (non-hydrogen) atoms. The number of nitrogens with zero attached hydrogens (tertiary/aromatic N) is 1. The zero-order valence-corrected chi connectivity index (χ0v) is 31.5. The van der Waals surface area contributed by atoms with Gasteiger partial charge in [-0.15, -0.1) is 0 Å². The number of likely N-dealkylation sites (tertiary alicyclic amines) is 1. The van der Waals surface area contributed by atoms with Crippen molar-refractivity contribution in [3.8, 4) is 0 Å². The van der Waals surface area contributed by atoms with Gasteiger partial charge in [-0.3, -0.25) is 38.4 Å². The molecule has 0 aromatic carbocycles. The maximum Gasteiger partial charge on any atom is 0.240 e. The Morgan fingerprint density at radius 3 is 2.04 bits per heavy atom. The van der Waals surface area contributed by atoms with Crippen LogP contribution in [0.4, 0.5) is 0 Å². The molecule has 1 aliphatic rings. The van der Waals surface area contributed by atoms with Gasteiger partial charge in [0.15, 0.2) is 5.78 Å². The zero-order valence-electron chi connectivity index (χ0n) is 31.5. The lowest BCUT2D eigenvalue weighted by Gasteiger charge is -2.29. The summed E-state index contributed by atoms with van der Waals surface area (Å²) in [6.45, 7) is 9.85. The molecule has 1 aliphatic heterocycles. The van der Waals surface area contributed by atoms with E-state index in [0.717, 1.165) is 0 Å². The number of Topliss-reactive ketones (excluding diaryl/α,β-unsaturated/α-hetero) is 4. The van der Waals surface area contributed by atoms with Crippen molar-refractivity contribution >= 4 is 46.8 Å². The van der Waals surface area contributed by atoms with Crippen molar-refractivity contribution in [2.75, 3.05) is 19.6 Å². The van der Waals surface area contributed by atoms with Crippen LogP contribution in [0.15, 0.2) is 0 Å². The fraction of sp³-hybridized carbons (Fsp3) is 0.789. The van der Waals surface area contributed by atoms with Crippen LogP contribution in [0.3, 0.4) is 0 Å². The minimum absolute atomic E-state index is 0. The SMILES string of the molecule is C.C.CCC(N)C(=O)CC(C(=O)CCC(=O)CC(CC(C)C)C(=O)N1CCCC1C(=O)CCC(=O)NCC(=O)NC(CCCCN)C(N)=O)C(C)C.N. The van der Waals surface area contributed by atoms with E-state index in [1.807, 2.05) is 34.6 Å². The van der Waals surface area contributed by atoms with Crippen LogP contribution in [0.1, 0.15) is 133 Å². The third kappa shape index (κ3) is 19.9. The highest BCUT2D eigenvalue weighted by Crippen LogP contribution is 2.27. The molecule has 1 fully saturated rings. The van der Waals surface area contributed by atoms with E-state index in [2.05, 4.69) is 10.6 Å². The molecule has 15 nitrogen and oxygen atoms in total. The molecule has 0 aromatic rings. The van der Waals surface area contributed by atoms with E-state index in [1.54, 1.807) is 0 Å². The van der Waals surface area contributed by atoms with Gasteiger partial charge in [-0.2, -0.15) is 0 Å². The predicted octanol–water partition coefficient (Wildman–Crippen LogP) is 2.92. The van der Waals surface area contributed by atoms with Gasteiger partial charge in [-0.05, 0) is 63.3 Å². The molecular weight excluding hydrogens is 682 g/mol. The van der Waals surface area contributed by atoms with E-state index in [0.29, 0.717) is 58.0 Å². The summed E-state index contributed by atoms with van der Waals surface area (Å²) in [6.07, 6.45) is 3.19. The molecule has 1 heterocycles. The average Bonchev–Trinajstić information content (AvgIpc) is 3.55. The van der Waals surface area contributed by atoms with E-state index in [9.17, 15) is 38.4 Å². The quantitative estimate of drug-likeness (QED) is 0.0698. The van der Waals surface area contributed by atoms with Crippen LogP contribution in [0.5, 0.6) is 0 Å². The van der Waals surface area contributed by atoms with Gasteiger partial charge in [0.2, 0.25) is 23.6 Å². The fourth-order valence-electron chi connectivity index (χ4n) is 6.28. The molecule has 0 aliphatic carbocycles. The lowest BCUT2D eigenvalue weighted by molar-refractivity contribution is -0.143. The van der Waals surface area contributed by atoms with Crippen molar-refractivity contribution in [1.82, 2.24) is 21.7 Å².